The van der Waals surface area contributed by atoms with E-state index in [-0.39, 0.29) is 29.2 Å². The standard InChI is InChI=1S/C24H21ClN4O4S/c1-5-33-23(32)21-14(3)27-13(2)20(21)22(31)16(11-26)9-18-12-34-24(28-18)29(15(4)30)19-8-6-7-17(25)10-19/h6-10,12,27H,5H2,1-4H3/b16-9+. The van der Waals surface area contributed by atoms with E-state index in [0.29, 0.717) is 32.9 Å². The van der Waals surface area contributed by atoms with Crippen LogP contribution in [0.15, 0.2) is 35.2 Å². The normalized spacial score (nSPS) is 11.1. The fourth-order valence-corrected chi connectivity index (χ4v) is 4.47. The molecule has 34 heavy (non-hydrogen) atoms. The molecule has 2 heterocycles. The average Bonchev–Trinajstić information content (AvgIpc) is 3.34. The number of ether oxygens (including phenoxy) is 1. The van der Waals surface area contributed by atoms with Crippen LogP contribution in [-0.4, -0.2) is 34.2 Å². The first-order valence-electron chi connectivity index (χ1n) is 10.2. The zero-order valence-electron chi connectivity index (χ0n) is 18.9. The van der Waals surface area contributed by atoms with Crippen LogP contribution in [0.1, 0.15) is 51.6 Å². The van der Waals surface area contributed by atoms with Crippen LogP contribution in [0.5, 0.6) is 0 Å². The number of aryl methyl sites for hydroxylation is 2. The number of halogens is 1. The molecule has 8 nitrogen and oxygen atoms in total. The van der Waals surface area contributed by atoms with Crippen molar-refractivity contribution in [2.45, 2.75) is 27.7 Å². The van der Waals surface area contributed by atoms with Crippen molar-refractivity contribution >= 4 is 57.5 Å². The number of hydrogen-bond acceptors (Lipinski definition) is 7. The number of esters is 1. The van der Waals surface area contributed by atoms with Gasteiger partial charge >= 0.3 is 5.97 Å². The van der Waals surface area contributed by atoms with Crippen molar-refractivity contribution in [3.05, 3.63) is 68.4 Å². The molecule has 2 aromatic heterocycles. The van der Waals surface area contributed by atoms with E-state index in [1.165, 1.54) is 29.2 Å². The van der Waals surface area contributed by atoms with Crippen molar-refractivity contribution in [2.75, 3.05) is 11.5 Å². The molecular weight excluding hydrogens is 476 g/mol. The van der Waals surface area contributed by atoms with Crippen molar-refractivity contribution in [2.24, 2.45) is 0 Å². The molecule has 0 atom stereocenters. The van der Waals surface area contributed by atoms with E-state index >= 15 is 0 Å². The number of nitrogens with zero attached hydrogens (tertiary/aromatic N) is 3. The number of amides is 1. The van der Waals surface area contributed by atoms with Gasteiger partial charge in [-0.15, -0.1) is 11.3 Å². The highest BCUT2D eigenvalue weighted by Crippen LogP contribution is 2.31. The number of hydrogen-bond donors (Lipinski definition) is 1. The van der Waals surface area contributed by atoms with Crippen LogP contribution in [0.4, 0.5) is 10.8 Å². The molecule has 174 valence electrons. The maximum atomic E-state index is 13.2. The Bertz CT molecular complexity index is 1350. The van der Waals surface area contributed by atoms with Gasteiger partial charge in [-0.25, -0.2) is 9.78 Å². The summed E-state index contributed by atoms with van der Waals surface area (Å²) in [6.45, 7) is 6.52. The lowest BCUT2D eigenvalue weighted by molar-refractivity contribution is -0.115. The number of carbonyl (C=O) groups is 3. The molecule has 1 aromatic carbocycles. The highest BCUT2D eigenvalue weighted by molar-refractivity contribution is 7.14. The molecule has 10 heteroatoms. The van der Waals surface area contributed by atoms with Gasteiger partial charge in [-0.05, 0) is 45.0 Å². The number of H-pyrrole nitrogens is 1. The smallest absolute Gasteiger partial charge is 0.340 e. The van der Waals surface area contributed by atoms with Gasteiger partial charge in [-0.3, -0.25) is 14.5 Å². The molecule has 0 saturated carbocycles. The summed E-state index contributed by atoms with van der Waals surface area (Å²) in [6, 6.07) is 8.67. The molecule has 0 saturated heterocycles. The highest BCUT2D eigenvalue weighted by Gasteiger charge is 2.27. The second-order valence-electron chi connectivity index (χ2n) is 7.23. The number of rotatable bonds is 7. The number of allylic oxidation sites excluding steroid dienone is 1. The van der Waals surface area contributed by atoms with Gasteiger partial charge in [0.25, 0.3) is 0 Å². The summed E-state index contributed by atoms with van der Waals surface area (Å²) in [5.41, 5.74) is 1.78. The molecule has 0 aliphatic carbocycles. The molecular formula is C24H21ClN4O4S. The summed E-state index contributed by atoms with van der Waals surface area (Å²) >= 11 is 7.24. The third kappa shape index (κ3) is 5.09. The number of ketones is 1. The molecule has 3 rings (SSSR count). The van der Waals surface area contributed by atoms with Gasteiger partial charge in [-0.2, -0.15) is 5.26 Å². The Morgan fingerprint density at radius 1 is 1.26 bits per heavy atom. The van der Waals surface area contributed by atoms with Crippen LogP contribution in [0.25, 0.3) is 6.08 Å². The number of anilines is 2. The molecule has 1 amide bonds. The Hall–Kier alpha value is -3.74. The van der Waals surface area contributed by atoms with Gasteiger partial charge in [-0.1, -0.05) is 17.7 Å². The lowest BCUT2D eigenvalue weighted by Gasteiger charge is -2.18. The summed E-state index contributed by atoms with van der Waals surface area (Å²) in [6.07, 6.45) is 1.33. The third-order valence-corrected chi connectivity index (χ3v) is 5.90. The summed E-state index contributed by atoms with van der Waals surface area (Å²) in [7, 11) is 0. The van der Waals surface area contributed by atoms with E-state index in [1.807, 2.05) is 6.07 Å². The van der Waals surface area contributed by atoms with Crippen LogP contribution < -0.4 is 4.90 Å². The maximum Gasteiger partial charge on any atom is 0.340 e. The first-order valence-corrected chi connectivity index (χ1v) is 11.5. The van der Waals surface area contributed by atoms with E-state index in [2.05, 4.69) is 9.97 Å². The highest BCUT2D eigenvalue weighted by atomic mass is 35.5. The lowest BCUT2D eigenvalue weighted by Crippen LogP contribution is -2.22. The van der Waals surface area contributed by atoms with E-state index in [4.69, 9.17) is 16.3 Å². The molecule has 0 radical (unpaired) electrons. The average molecular weight is 497 g/mol. The lowest BCUT2D eigenvalue weighted by atomic mass is 9.99. The first kappa shape index (κ1) is 24.9. The number of nitriles is 1. The second kappa shape index (κ2) is 10.5. The summed E-state index contributed by atoms with van der Waals surface area (Å²) in [5.74, 6) is -1.54. The van der Waals surface area contributed by atoms with Crippen LogP contribution in [0, 0.1) is 25.2 Å². The summed E-state index contributed by atoms with van der Waals surface area (Å²) in [4.78, 5) is 46.7. The number of benzene rings is 1. The minimum absolute atomic E-state index is 0.0866. The van der Waals surface area contributed by atoms with E-state index < -0.39 is 11.8 Å². The number of Topliss-reactive ketones (excluding diaryl/α,β-unsaturated/α-hetero) is 1. The quantitative estimate of drug-likeness (QED) is 0.203. The van der Waals surface area contributed by atoms with Crippen LogP contribution in [-0.2, 0) is 9.53 Å². The Morgan fingerprint density at radius 2 is 1.97 bits per heavy atom. The van der Waals surface area contributed by atoms with Crippen LogP contribution in [0.2, 0.25) is 5.02 Å². The first-order chi connectivity index (χ1) is 16.2. The van der Waals surface area contributed by atoms with Crippen molar-refractivity contribution in [1.29, 1.82) is 5.26 Å². The SMILES string of the molecule is CCOC(=O)c1c(C)[nH]c(C)c1C(=O)/C(C#N)=C/c1csc(N(C(C)=O)c2cccc(Cl)c2)n1. The minimum atomic E-state index is -0.639. The van der Waals surface area contributed by atoms with Gasteiger partial charge in [0.1, 0.15) is 11.6 Å². The topological polar surface area (TPSA) is 116 Å². The van der Waals surface area contributed by atoms with Crippen molar-refractivity contribution in [1.82, 2.24) is 9.97 Å². The number of thiazole rings is 1. The number of aromatic amines is 1. The molecule has 0 aliphatic rings. The van der Waals surface area contributed by atoms with Gasteiger partial charge in [0.05, 0.1) is 29.1 Å². The van der Waals surface area contributed by atoms with Crippen molar-refractivity contribution in [3.8, 4) is 6.07 Å². The van der Waals surface area contributed by atoms with Crippen molar-refractivity contribution < 1.29 is 19.1 Å². The molecule has 0 bridgehead atoms. The van der Waals surface area contributed by atoms with E-state index in [0.717, 1.165) is 0 Å². The zero-order chi connectivity index (χ0) is 25.0. The number of nitrogens with one attached hydrogen (secondary N) is 1. The van der Waals surface area contributed by atoms with E-state index in [9.17, 15) is 19.6 Å². The largest absolute Gasteiger partial charge is 0.462 e. The molecule has 0 aliphatic heterocycles. The Kier molecular flexibility index (Phi) is 7.66. The van der Waals surface area contributed by atoms with Crippen LogP contribution >= 0.6 is 22.9 Å². The predicted molar refractivity (Wildman–Crippen MR) is 131 cm³/mol. The predicted octanol–water partition coefficient (Wildman–Crippen LogP) is 5.39. The number of carbonyl (C=O) groups excluding carboxylic acids is 3. The van der Waals surface area contributed by atoms with Gasteiger partial charge in [0, 0.05) is 28.7 Å². The summed E-state index contributed by atoms with van der Waals surface area (Å²) < 4.78 is 5.08. The molecule has 3 aromatic rings. The minimum Gasteiger partial charge on any atom is -0.462 e. The maximum absolute atomic E-state index is 13.2. The molecule has 0 spiro atoms. The molecule has 1 N–H and O–H groups in total. The van der Waals surface area contributed by atoms with Crippen molar-refractivity contribution in [3.63, 3.8) is 0 Å². The Balaban J connectivity index is 1.99. The van der Waals surface area contributed by atoms with E-state index in [1.54, 1.807) is 50.4 Å². The van der Waals surface area contributed by atoms with Gasteiger partial charge in [0.15, 0.2) is 5.13 Å². The fourth-order valence-electron chi connectivity index (χ4n) is 3.44. The molecule has 0 unspecified atom stereocenters. The third-order valence-electron chi connectivity index (χ3n) is 4.82. The monoisotopic (exact) mass is 496 g/mol. The second-order valence-corrected chi connectivity index (χ2v) is 8.51. The fraction of sp³-hybridized carbons (Fsp3) is 0.208. The number of aromatic nitrogens is 2. The van der Waals surface area contributed by atoms with Gasteiger partial charge < -0.3 is 9.72 Å². The van der Waals surface area contributed by atoms with Crippen LogP contribution in [0.3, 0.4) is 0 Å². The van der Waals surface area contributed by atoms with Gasteiger partial charge in [0.2, 0.25) is 11.7 Å². The molecule has 0 fully saturated rings. The zero-order valence-corrected chi connectivity index (χ0v) is 20.5. The Morgan fingerprint density at radius 3 is 2.59 bits per heavy atom. The summed E-state index contributed by atoms with van der Waals surface area (Å²) in [5, 5.41) is 12.1. The Labute approximate surface area is 205 Å².